The van der Waals surface area contributed by atoms with E-state index in [0.717, 1.165) is 16.8 Å². The van der Waals surface area contributed by atoms with Crippen LogP contribution in [0.2, 0.25) is 0 Å². The molecule has 0 amide bonds. The van der Waals surface area contributed by atoms with Gasteiger partial charge in [-0.25, -0.2) is 19.1 Å². The number of aliphatic carboxylic acids is 1. The van der Waals surface area contributed by atoms with E-state index in [2.05, 4.69) is 9.84 Å². The molecule has 0 radical (unpaired) electrons. The van der Waals surface area contributed by atoms with E-state index in [4.69, 9.17) is 14.6 Å². The van der Waals surface area contributed by atoms with Gasteiger partial charge in [-0.15, -0.1) is 13.2 Å². The van der Waals surface area contributed by atoms with Gasteiger partial charge in [-0.2, -0.15) is 5.10 Å². The van der Waals surface area contributed by atoms with Crippen molar-refractivity contribution >= 4 is 11.9 Å². The van der Waals surface area contributed by atoms with Crippen LogP contribution >= 0.6 is 0 Å². The Hall–Kier alpha value is -4.29. The predicted molar refractivity (Wildman–Crippen MR) is 127 cm³/mol. The molecule has 0 saturated carbocycles. The quantitative estimate of drug-likeness (QED) is 0.365. The van der Waals surface area contributed by atoms with E-state index in [1.165, 1.54) is 54.8 Å². The Morgan fingerprint density at radius 1 is 0.974 bits per heavy atom. The van der Waals surface area contributed by atoms with Crippen molar-refractivity contribution in [3.05, 3.63) is 76.0 Å². The number of aromatic nitrogens is 3. The highest BCUT2D eigenvalue weighted by Crippen LogP contribution is 2.23. The van der Waals surface area contributed by atoms with Gasteiger partial charge in [0, 0.05) is 6.54 Å². The third-order valence-electron chi connectivity index (χ3n) is 5.25. The second kappa shape index (κ2) is 11.4. The molecule has 0 bridgehead atoms. The number of rotatable bonds is 11. The minimum absolute atomic E-state index is 0.0169. The molecule has 0 fully saturated rings. The van der Waals surface area contributed by atoms with Crippen LogP contribution in [0.1, 0.15) is 48.9 Å². The monoisotopic (exact) mass is 537 g/mol. The Balaban J connectivity index is 1.69. The van der Waals surface area contributed by atoms with Crippen LogP contribution in [-0.2, 0) is 29.2 Å². The van der Waals surface area contributed by atoms with Gasteiger partial charge in [0.05, 0.1) is 12.1 Å². The number of benzene rings is 2. The van der Waals surface area contributed by atoms with E-state index in [1.54, 1.807) is 0 Å². The van der Waals surface area contributed by atoms with E-state index in [9.17, 15) is 27.6 Å². The number of carbonyl (C=O) groups is 2. The van der Waals surface area contributed by atoms with Gasteiger partial charge in [-0.05, 0) is 62.2 Å². The molecular formula is C25H26F3N3O7. The number of hydrogen-bond donors (Lipinski definition) is 1. The second-order valence-electron chi connectivity index (χ2n) is 8.72. The van der Waals surface area contributed by atoms with Crippen LogP contribution in [0, 0.1) is 0 Å². The van der Waals surface area contributed by atoms with Crippen LogP contribution in [0.3, 0.4) is 0 Å². The van der Waals surface area contributed by atoms with Gasteiger partial charge in [-0.3, -0.25) is 4.57 Å². The summed E-state index contributed by atoms with van der Waals surface area (Å²) in [7, 11) is 0. The highest BCUT2D eigenvalue weighted by molar-refractivity contribution is 5.89. The standard InChI is InChI=1S/C25H26F3N3O7/c1-4-13-30-20(15-36-21(32)17-7-11-18(12-8-17)37-24(2,3)22(33)34)29-31(23(30)35)14-16-5-9-19(10-6-16)38-25(26,27)28/h5-12H,4,13-15H2,1-3H3,(H,33,34). The fourth-order valence-electron chi connectivity index (χ4n) is 3.32. The number of ether oxygens (including phenoxy) is 3. The summed E-state index contributed by atoms with van der Waals surface area (Å²) >= 11 is 0. The van der Waals surface area contributed by atoms with Gasteiger partial charge < -0.3 is 19.3 Å². The minimum atomic E-state index is -4.81. The molecule has 10 nitrogen and oxygen atoms in total. The van der Waals surface area contributed by atoms with Gasteiger partial charge in [0.1, 0.15) is 11.5 Å². The van der Waals surface area contributed by atoms with E-state index in [-0.39, 0.29) is 36.0 Å². The summed E-state index contributed by atoms with van der Waals surface area (Å²) in [6.45, 7) is 4.64. The number of carbonyl (C=O) groups excluding carboxylic acids is 1. The first-order valence-corrected chi connectivity index (χ1v) is 11.5. The lowest BCUT2D eigenvalue weighted by Crippen LogP contribution is -2.37. The molecule has 0 aliphatic carbocycles. The maximum absolute atomic E-state index is 12.8. The molecule has 0 unspecified atom stereocenters. The summed E-state index contributed by atoms with van der Waals surface area (Å²) in [5, 5.41) is 13.4. The number of nitrogens with zero attached hydrogens (tertiary/aromatic N) is 3. The van der Waals surface area contributed by atoms with Crippen molar-refractivity contribution in [2.45, 2.75) is 58.9 Å². The summed E-state index contributed by atoms with van der Waals surface area (Å²) in [6, 6.07) is 10.8. The molecule has 3 aromatic rings. The van der Waals surface area contributed by atoms with Crippen molar-refractivity contribution in [2.24, 2.45) is 0 Å². The topological polar surface area (TPSA) is 122 Å². The Morgan fingerprint density at radius 2 is 1.55 bits per heavy atom. The van der Waals surface area contributed by atoms with E-state index in [0.29, 0.717) is 18.5 Å². The number of alkyl halides is 3. The lowest BCUT2D eigenvalue weighted by atomic mass is 10.1. The van der Waals surface area contributed by atoms with E-state index < -0.39 is 29.6 Å². The van der Waals surface area contributed by atoms with Crippen molar-refractivity contribution in [3.8, 4) is 11.5 Å². The smallest absolute Gasteiger partial charge is 0.478 e. The first kappa shape index (κ1) is 28.3. The maximum Gasteiger partial charge on any atom is 0.573 e. The lowest BCUT2D eigenvalue weighted by Gasteiger charge is -2.21. The van der Waals surface area contributed by atoms with Gasteiger partial charge in [0.15, 0.2) is 18.0 Å². The van der Waals surface area contributed by atoms with E-state index in [1.807, 2.05) is 6.92 Å². The molecular weight excluding hydrogens is 511 g/mol. The summed E-state index contributed by atoms with van der Waals surface area (Å²) < 4.78 is 54.2. The fraction of sp³-hybridized carbons (Fsp3) is 0.360. The lowest BCUT2D eigenvalue weighted by molar-refractivity contribution is -0.274. The Labute approximate surface area is 215 Å². The number of hydrogen-bond acceptors (Lipinski definition) is 7. The predicted octanol–water partition coefficient (Wildman–Crippen LogP) is 4.00. The highest BCUT2D eigenvalue weighted by Gasteiger charge is 2.31. The number of esters is 1. The third kappa shape index (κ3) is 7.37. The van der Waals surface area contributed by atoms with Crippen LogP contribution in [0.15, 0.2) is 53.3 Å². The van der Waals surface area contributed by atoms with Crippen molar-refractivity contribution < 1.29 is 42.1 Å². The molecule has 204 valence electrons. The first-order chi connectivity index (χ1) is 17.8. The number of carboxylic acids is 1. The molecule has 13 heteroatoms. The zero-order chi connectivity index (χ0) is 28.1. The molecule has 0 spiro atoms. The van der Waals surface area contributed by atoms with Gasteiger partial charge in [0.2, 0.25) is 0 Å². The number of carboxylic acid groups (broad SMARTS) is 1. The molecule has 0 aliphatic heterocycles. The average Bonchev–Trinajstić information content (AvgIpc) is 3.12. The number of halogens is 3. The van der Waals surface area contributed by atoms with Crippen LogP contribution in [0.25, 0.3) is 0 Å². The van der Waals surface area contributed by atoms with Crippen LogP contribution in [0.5, 0.6) is 11.5 Å². The van der Waals surface area contributed by atoms with Gasteiger partial charge >= 0.3 is 24.0 Å². The molecule has 38 heavy (non-hydrogen) atoms. The minimum Gasteiger partial charge on any atom is -0.478 e. The van der Waals surface area contributed by atoms with Gasteiger partial charge in [-0.1, -0.05) is 19.1 Å². The summed E-state index contributed by atoms with van der Waals surface area (Å²) in [5.41, 5.74) is -1.23. The molecule has 1 N–H and O–H groups in total. The highest BCUT2D eigenvalue weighted by atomic mass is 19.4. The molecule has 1 aromatic heterocycles. The van der Waals surface area contributed by atoms with Crippen molar-refractivity contribution in [3.63, 3.8) is 0 Å². The molecule has 0 aliphatic rings. The van der Waals surface area contributed by atoms with Crippen molar-refractivity contribution in [2.75, 3.05) is 0 Å². The summed E-state index contributed by atoms with van der Waals surface area (Å²) in [4.78, 5) is 36.6. The van der Waals surface area contributed by atoms with Crippen LogP contribution in [-0.4, -0.2) is 43.4 Å². The zero-order valence-electron chi connectivity index (χ0n) is 20.8. The van der Waals surface area contributed by atoms with E-state index >= 15 is 0 Å². The normalized spacial score (nSPS) is 11.7. The van der Waals surface area contributed by atoms with Crippen molar-refractivity contribution in [1.82, 2.24) is 14.3 Å². The third-order valence-corrected chi connectivity index (χ3v) is 5.25. The van der Waals surface area contributed by atoms with Crippen LogP contribution in [0.4, 0.5) is 13.2 Å². The molecule has 3 rings (SSSR count). The van der Waals surface area contributed by atoms with Crippen molar-refractivity contribution in [1.29, 1.82) is 0 Å². The fourth-order valence-corrected chi connectivity index (χ4v) is 3.32. The summed E-state index contributed by atoms with van der Waals surface area (Å²) in [5.74, 6) is -1.78. The molecule has 2 aromatic carbocycles. The first-order valence-electron chi connectivity index (χ1n) is 11.5. The largest absolute Gasteiger partial charge is 0.573 e. The second-order valence-corrected chi connectivity index (χ2v) is 8.72. The van der Waals surface area contributed by atoms with Crippen LogP contribution < -0.4 is 15.2 Å². The maximum atomic E-state index is 12.8. The SMILES string of the molecule is CCCn1c(COC(=O)c2ccc(OC(C)(C)C(=O)O)cc2)nn(Cc2ccc(OC(F)(F)F)cc2)c1=O. The molecule has 0 atom stereocenters. The average molecular weight is 537 g/mol. The summed E-state index contributed by atoms with van der Waals surface area (Å²) in [6.07, 6.45) is -4.21. The zero-order valence-corrected chi connectivity index (χ0v) is 20.8. The molecule has 1 heterocycles. The van der Waals surface area contributed by atoms with Gasteiger partial charge in [0.25, 0.3) is 0 Å². The Kier molecular flexibility index (Phi) is 8.49. The Bertz CT molecular complexity index is 1330. The molecule has 0 saturated heterocycles. The Morgan fingerprint density at radius 3 is 2.11 bits per heavy atom.